The lowest BCUT2D eigenvalue weighted by Crippen LogP contribution is -2.58. The number of nitrogens with zero attached hydrogens (tertiary/aromatic N) is 1. The Hall–Kier alpha value is -3.18. The van der Waals surface area contributed by atoms with Gasteiger partial charge in [-0.2, -0.15) is 0 Å². The van der Waals surface area contributed by atoms with Crippen LogP contribution in [0, 0.1) is 5.92 Å². The van der Waals surface area contributed by atoms with Crippen LogP contribution in [0.2, 0.25) is 0 Å². The summed E-state index contributed by atoms with van der Waals surface area (Å²) in [4.78, 5) is 78.7. The summed E-state index contributed by atoms with van der Waals surface area (Å²) in [6, 6.07) is -2.59. The lowest BCUT2D eigenvalue weighted by atomic mass is 9.83. The summed E-state index contributed by atoms with van der Waals surface area (Å²) in [7, 11) is 0. The Kier molecular flexibility index (Phi) is 15.1. The topological polar surface area (TPSA) is 163 Å². The molecule has 0 aromatic rings. The van der Waals surface area contributed by atoms with Gasteiger partial charge in [-0.15, -0.1) is 0 Å². The molecule has 0 spiro atoms. The summed E-state index contributed by atoms with van der Waals surface area (Å²) >= 11 is 0. The van der Waals surface area contributed by atoms with Gasteiger partial charge in [-0.05, 0) is 71.6 Å². The number of nitrogens with one attached hydrogen (secondary N) is 4. The number of alkyl carbamates (subject to hydrolysis) is 1. The molecular formula is C32H55N5O7. The Bertz CT molecular complexity index is 1000. The molecular weight excluding hydrogens is 566 g/mol. The molecule has 0 aromatic heterocycles. The molecule has 44 heavy (non-hydrogen) atoms. The van der Waals surface area contributed by atoms with Gasteiger partial charge in [0.25, 0.3) is 5.91 Å². The summed E-state index contributed by atoms with van der Waals surface area (Å²) in [6.07, 6.45) is 8.72. The second kappa shape index (κ2) is 17.9. The van der Waals surface area contributed by atoms with E-state index in [1.54, 1.807) is 20.8 Å². The number of ketones is 1. The molecule has 12 nitrogen and oxygen atoms in total. The van der Waals surface area contributed by atoms with Gasteiger partial charge in [-0.3, -0.25) is 24.0 Å². The van der Waals surface area contributed by atoms with E-state index in [1.807, 2.05) is 6.92 Å². The Labute approximate surface area is 262 Å². The molecule has 2 aliphatic carbocycles. The zero-order chi connectivity index (χ0) is 32.9. The van der Waals surface area contributed by atoms with Crippen LogP contribution in [0.4, 0.5) is 4.79 Å². The van der Waals surface area contributed by atoms with E-state index in [2.05, 4.69) is 35.1 Å². The van der Waals surface area contributed by atoms with E-state index in [-0.39, 0.29) is 36.7 Å². The van der Waals surface area contributed by atoms with Gasteiger partial charge in [0.2, 0.25) is 23.5 Å². The first-order valence-electron chi connectivity index (χ1n) is 16.5. The molecule has 3 fully saturated rings. The van der Waals surface area contributed by atoms with Crippen LogP contribution in [0.3, 0.4) is 0 Å². The molecule has 3 atom stereocenters. The maximum atomic E-state index is 13.9. The molecule has 0 bridgehead atoms. The quantitative estimate of drug-likeness (QED) is 0.243. The van der Waals surface area contributed by atoms with Crippen molar-refractivity contribution in [3.63, 3.8) is 0 Å². The van der Waals surface area contributed by atoms with Crippen molar-refractivity contribution in [3.05, 3.63) is 0 Å². The second-order valence-corrected chi connectivity index (χ2v) is 13.2. The third kappa shape index (κ3) is 12.4. The van der Waals surface area contributed by atoms with Crippen LogP contribution in [0.15, 0.2) is 0 Å². The molecule has 2 unspecified atom stereocenters. The SMILES string of the molecule is CCC.CCCC(NC(=O)[C@@H]1CCCN1C(=O)C(NC(=O)OC(C)(C)C)C1CCCCC1)C(=O)C(=O)NCC(=O)NC1CC1. The fourth-order valence-electron chi connectivity index (χ4n) is 5.50. The van der Waals surface area contributed by atoms with Crippen molar-refractivity contribution in [2.45, 2.75) is 148 Å². The summed E-state index contributed by atoms with van der Waals surface area (Å²) in [5.74, 6) is -3.05. The zero-order valence-corrected chi connectivity index (χ0v) is 27.6. The minimum atomic E-state index is -1.08. The standard InChI is InChI=1S/C29H47N5O7.C3H8/c1-5-10-20(24(36)26(38)30-17-22(35)31-19-14-15-19)32-25(37)21-13-9-16-34(21)27(39)23(18-11-7-6-8-12-18)33-28(40)41-29(2,3)4;1-3-2/h18-21,23H,5-17H2,1-4H3,(H,30,38)(H,31,35)(H,32,37)(H,33,40);3H2,1-2H3/t20?,21-,23?;/m0./s1. The highest BCUT2D eigenvalue weighted by molar-refractivity contribution is 6.38. The molecule has 4 N–H and O–H groups in total. The van der Waals surface area contributed by atoms with Gasteiger partial charge in [-0.25, -0.2) is 4.79 Å². The van der Waals surface area contributed by atoms with Gasteiger partial charge in [0.15, 0.2) is 0 Å². The maximum absolute atomic E-state index is 13.9. The number of Topliss-reactive ketones (excluding diaryl/α,β-unsaturated/α-hetero) is 1. The number of likely N-dealkylation sites (tertiary alicyclic amines) is 1. The molecule has 3 aliphatic rings. The molecule has 0 radical (unpaired) electrons. The van der Waals surface area contributed by atoms with Crippen LogP contribution in [0.25, 0.3) is 0 Å². The van der Waals surface area contributed by atoms with Crippen LogP contribution in [-0.2, 0) is 28.7 Å². The molecule has 12 heteroatoms. The lowest BCUT2D eigenvalue weighted by Gasteiger charge is -2.35. The normalized spacial score (nSPS) is 19.9. The number of carbonyl (C=O) groups is 6. The number of amides is 5. The second-order valence-electron chi connectivity index (χ2n) is 13.2. The van der Waals surface area contributed by atoms with Gasteiger partial charge < -0.3 is 30.9 Å². The van der Waals surface area contributed by atoms with Gasteiger partial charge in [0.1, 0.15) is 17.7 Å². The fourth-order valence-corrected chi connectivity index (χ4v) is 5.50. The Balaban J connectivity index is 0.00000216. The van der Waals surface area contributed by atoms with E-state index in [1.165, 1.54) is 11.3 Å². The van der Waals surface area contributed by atoms with E-state index in [0.717, 1.165) is 44.9 Å². The van der Waals surface area contributed by atoms with Crippen molar-refractivity contribution >= 4 is 35.5 Å². The number of rotatable bonds is 12. The Morgan fingerprint density at radius 3 is 2.07 bits per heavy atom. The van der Waals surface area contributed by atoms with Gasteiger partial charge in [0, 0.05) is 12.6 Å². The maximum Gasteiger partial charge on any atom is 0.408 e. The van der Waals surface area contributed by atoms with E-state index < -0.39 is 47.4 Å². The van der Waals surface area contributed by atoms with Crippen molar-refractivity contribution in [3.8, 4) is 0 Å². The van der Waals surface area contributed by atoms with Crippen molar-refractivity contribution < 1.29 is 33.5 Å². The third-order valence-electron chi connectivity index (χ3n) is 7.68. The van der Waals surface area contributed by atoms with Gasteiger partial charge in [0.05, 0.1) is 12.6 Å². The van der Waals surface area contributed by atoms with E-state index in [0.29, 0.717) is 25.8 Å². The summed E-state index contributed by atoms with van der Waals surface area (Å²) in [5, 5.41) is 10.6. The first kappa shape index (κ1) is 37.0. The molecule has 5 amide bonds. The summed E-state index contributed by atoms with van der Waals surface area (Å²) in [6.45, 7) is 11.4. The molecule has 1 aliphatic heterocycles. The van der Waals surface area contributed by atoms with Crippen LogP contribution in [-0.4, -0.2) is 83.3 Å². The number of ether oxygens (including phenoxy) is 1. The highest BCUT2D eigenvalue weighted by Gasteiger charge is 2.42. The number of hydrogen-bond donors (Lipinski definition) is 4. The average molecular weight is 622 g/mol. The Morgan fingerprint density at radius 2 is 1.50 bits per heavy atom. The average Bonchev–Trinajstić information content (AvgIpc) is 3.63. The number of hydrogen-bond acceptors (Lipinski definition) is 7. The van der Waals surface area contributed by atoms with Crippen LogP contribution >= 0.6 is 0 Å². The first-order chi connectivity index (χ1) is 20.8. The predicted octanol–water partition coefficient (Wildman–Crippen LogP) is 3.12. The molecule has 3 rings (SSSR count). The zero-order valence-electron chi connectivity index (χ0n) is 27.6. The smallest absolute Gasteiger partial charge is 0.408 e. The first-order valence-corrected chi connectivity index (χ1v) is 16.5. The third-order valence-corrected chi connectivity index (χ3v) is 7.68. The minimum absolute atomic E-state index is 0.0664. The summed E-state index contributed by atoms with van der Waals surface area (Å²) in [5.41, 5.74) is -0.728. The van der Waals surface area contributed by atoms with E-state index in [9.17, 15) is 28.8 Å². The van der Waals surface area contributed by atoms with E-state index >= 15 is 0 Å². The van der Waals surface area contributed by atoms with Crippen LogP contribution < -0.4 is 21.3 Å². The highest BCUT2D eigenvalue weighted by Crippen LogP contribution is 2.29. The van der Waals surface area contributed by atoms with Crippen LogP contribution in [0.5, 0.6) is 0 Å². The lowest BCUT2D eigenvalue weighted by molar-refractivity contribution is -0.143. The number of carbonyl (C=O) groups excluding carboxylic acids is 6. The molecule has 0 aromatic carbocycles. The largest absolute Gasteiger partial charge is 0.444 e. The molecule has 1 heterocycles. The summed E-state index contributed by atoms with van der Waals surface area (Å²) < 4.78 is 5.43. The van der Waals surface area contributed by atoms with E-state index in [4.69, 9.17) is 4.74 Å². The van der Waals surface area contributed by atoms with Crippen molar-refractivity contribution in [2.75, 3.05) is 13.1 Å². The van der Waals surface area contributed by atoms with Gasteiger partial charge >= 0.3 is 6.09 Å². The van der Waals surface area contributed by atoms with Crippen LogP contribution in [0.1, 0.15) is 119 Å². The molecule has 1 saturated heterocycles. The van der Waals surface area contributed by atoms with Gasteiger partial charge in [-0.1, -0.05) is 52.9 Å². The van der Waals surface area contributed by atoms with Crippen molar-refractivity contribution in [1.29, 1.82) is 0 Å². The minimum Gasteiger partial charge on any atom is -0.444 e. The molecule has 250 valence electrons. The van der Waals surface area contributed by atoms with Crippen molar-refractivity contribution in [1.82, 2.24) is 26.2 Å². The fraction of sp³-hybridized carbons (Fsp3) is 0.812. The highest BCUT2D eigenvalue weighted by atomic mass is 16.6. The predicted molar refractivity (Wildman–Crippen MR) is 166 cm³/mol. The molecule has 2 saturated carbocycles. The van der Waals surface area contributed by atoms with Crippen molar-refractivity contribution in [2.24, 2.45) is 5.92 Å². The Morgan fingerprint density at radius 1 is 0.864 bits per heavy atom. The monoisotopic (exact) mass is 621 g/mol.